The summed E-state index contributed by atoms with van der Waals surface area (Å²) in [7, 11) is 0. The van der Waals surface area contributed by atoms with Gasteiger partial charge >= 0.3 is 18.2 Å². The Bertz CT molecular complexity index is 681. The number of aromatic nitrogens is 2. The lowest BCUT2D eigenvalue weighted by Gasteiger charge is -2.34. The molecule has 1 unspecified atom stereocenters. The van der Waals surface area contributed by atoms with Gasteiger partial charge in [0.15, 0.2) is 5.69 Å². The molecule has 0 radical (unpaired) electrons. The van der Waals surface area contributed by atoms with E-state index in [1.807, 2.05) is 5.32 Å². The highest BCUT2D eigenvalue weighted by atomic mass is 35.5. The third kappa shape index (κ3) is 6.54. The number of carbonyl (C=O) groups is 2. The number of alkyl halides is 3. The van der Waals surface area contributed by atoms with Gasteiger partial charge in [-0.05, 0) is 19.8 Å². The molecule has 2 amide bonds. The number of carbonyl (C=O) groups excluding carboxylic acids is 2. The monoisotopic (exact) mass is 464 g/mol. The van der Waals surface area contributed by atoms with Gasteiger partial charge in [0.25, 0.3) is 0 Å². The molecule has 29 heavy (non-hydrogen) atoms. The summed E-state index contributed by atoms with van der Waals surface area (Å²) in [5.74, 6) is -0.456. The molecule has 0 saturated carbocycles. The van der Waals surface area contributed by atoms with Crippen molar-refractivity contribution in [3.63, 3.8) is 0 Å². The van der Waals surface area contributed by atoms with Gasteiger partial charge in [-0.15, -0.1) is 24.8 Å². The fourth-order valence-electron chi connectivity index (χ4n) is 2.88. The Morgan fingerprint density at radius 1 is 1.34 bits per heavy atom. The van der Waals surface area contributed by atoms with Crippen molar-refractivity contribution < 1.29 is 27.5 Å². The van der Waals surface area contributed by atoms with Gasteiger partial charge < -0.3 is 31.0 Å². The summed E-state index contributed by atoms with van der Waals surface area (Å²) in [6, 6.07) is -3.02. The van der Waals surface area contributed by atoms with Crippen molar-refractivity contribution in [2.45, 2.75) is 38.0 Å². The average Bonchev–Trinajstić information content (AvgIpc) is 3.00. The van der Waals surface area contributed by atoms with Crippen LogP contribution in [0.15, 0.2) is 6.33 Å². The second kappa shape index (κ2) is 11.3. The number of rotatable bonds is 5. The number of hydrogen-bond acceptors (Lipinski definition) is 6. The van der Waals surface area contributed by atoms with Crippen molar-refractivity contribution in [2.24, 2.45) is 5.73 Å². The molecule has 1 aliphatic heterocycles. The Balaban J connectivity index is 0.00000392. The van der Waals surface area contributed by atoms with E-state index in [0.29, 0.717) is 12.8 Å². The third-order valence-corrected chi connectivity index (χ3v) is 4.37. The summed E-state index contributed by atoms with van der Waals surface area (Å²) in [6.07, 6.45) is -2.27. The van der Waals surface area contributed by atoms with E-state index in [0.717, 1.165) is 0 Å². The Labute approximate surface area is 178 Å². The van der Waals surface area contributed by atoms with Gasteiger partial charge in [0.2, 0.25) is 0 Å². The first-order valence-corrected chi connectivity index (χ1v) is 8.50. The summed E-state index contributed by atoms with van der Waals surface area (Å²) in [5, 5.41) is 1.91. The van der Waals surface area contributed by atoms with Crippen molar-refractivity contribution in [3.8, 4) is 0 Å². The molecule has 1 aliphatic rings. The van der Waals surface area contributed by atoms with Crippen molar-refractivity contribution in [3.05, 3.63) is 12.0 Å². The minimum absolute atomic E-state index is 0. The molecule has 168 valence electrons. The van der Waals surface area contributed by atoms with Gasteiger partial charge in [-0.25, -0.2) is 14.6 Å². The van der Waals surface area contributed by atoms with Gasteiger partial charge in [-0.1, -0.05) is 0 Å². The second-order valence-electron chi connectivity index (χ2n) is 6.10. The van der Waals surface area contributed by atoms with Crippen molar-refractivity contribution >= 4 is 42.6 Å². The van der Waals surface area contributed by atoms with Crippen LogP contribution in [0, 0.1) is 0 Å². The van der Waals surface area contributed by atoms with Crippen LogP contribution in [0.25, 0.3) is 0 Å². The van der Waals surface area contributed by atoms with Gasteiger partial charge in [0, 0.05) is 25.7 Å². The number of imidazole rings is 1. The van der Waals surface area contributed by atoms with Crippen LogP contribution in [0.5, 0.6) is 0 Å². The number of nitrogens with two attached hydrogens (primary N) is 2. The molecule has 2 heterocycles. The number of urea groups is 1. The molecule has 0 aromatic carbocycles. The molecule has 1 aromatic rings. The number of likely N-dealkylation sites (tertiary alicyclic amines) is 1. The van der Waals surface area contributed by atoms with Crippen LogP contribution in [-0.4, -0.2) is 64.9 Å². The van der Waals surface area contributed by atoms with Crippen molar-refractivity contribution in [1.29, 1.82) is 0 Å². The van der Waals surface area contributed by atoms with Gasteiger partial charge in [-0.3, -0.25) is 0 Å². The van der Waals surface area contributed by atoms with Crippen LogP contribution in [0.3, 0.4) is 0 Å². The smallest absolute Gasteiger partial charge is 0.409 e. The van der Waals surface area contributed by atoms with Crippen molar-refractivity contribution in [1.82, 2.24) is 19.8 Å². The maximum atomic E-state index is 12.7. The number of piperidine rings is 1. The summed E-state index contributed by atoms with van der Waals surface area (Å²) >= 11 is 0. The number of esters is 1. The molecule has 1 fully saturated rings. The molecular formula is C15H25Cl2F3N6O3. The molecule has 0 spiro atoms. The van der Waals surface area contributed by atoms with Crippen LogP contribution < -0.4 is 16.8 Å². The zero-order valence-corrected chi connectivity index (χ0v) is 17.3. The summed E-state index contributed by atoms with van der Waals surface area (Å²) < 4.78 is 44.7. The van der Waals surface area contributed by atoms with Crippen LogP contribution >= 0.6 is 24.8 Å². The Morgan fingerprint density at radius 3 is 2.41 bits per heavy atom. The number of ether oxygens (including phenoxy) is 1. The number of hydrogen-bond donors (Lipinski definition) is 3. The van der Waals surface area contributed by atoms with Crippen LogP contribution in [0.2, 0.25) is 0 Å². The molecule has 1 atom stereocenters. The molecule has 1 saturated heterocycles. The highest BCUT2D eigenvalue weighted by Gasteiger charge is 2.40. The molecule has 2 rings (SSSR count). The normalized spacial score (nSPS) is 15.7. The van der Waals surface area contributed by atoms with Gasteiger partial charge in [-0.2, -0.15) is 13.2 Å². The fraction of sp³-hybridized carbons (Fsp3) is 0.667. The predicted molar refractivity (Wildman–Crippen MR) is 104 cm³/mol. The van der Waals surface area contributed by atoms with E-state index >= 15 is 0 Å². The molecule has 1 aromatic heterocycles. The number of anilines is 1. The zero-order chi connectivity index (χ0) is 20.2. The summed E-state index contributed by atoms with van der Waals surface area (Å²) in [5.41, 5.74) is 11.1. The van der Waals surface area contributed by atoms with Gasteiger partial charge in [0.05, 0.1) is 12.9 Å². The first kappa shape index (κ1) is 27.1. The van der Waals surface area contributed by atoms with E-state index in [2.05, 4.69) is 4.98 Å². The maximum Gasteiger partial charge on any atom is 0.409 e. The molecule has 14 heteroatoms. The quantitative estimate of drug-likeness (QED) is 0.569. The lowest BCUT2D eigenvalue weighted by atomic mass is 10.1. The Hall–Kier alpha value is -1.92. The Morgan fingerprint density at radius 2 is 1.93 bits per heavy atom. The highest BCUT2D eigenvalue weighted by molar-refractivity contribution is 5.92. The topological polar surface area (TPSA) is 128 Å². The predicted octanol–water partition coefficient (Wildman–Crippen LogP) is 1.72. The highest BCUT2D eigenvalue weighted by Crippen LogP contribution is 2.27. The molecule has 0 bridgehead atoms. The van der Waals surface area contributed by atoms with E-state index in [9.17, 15) is 22.8 Å². The molecular weight excluding hydrogens is 440 g/mol. The minimum Gasteiger partial charge on any atom is -0.461 e. The Kier molecular flexibility index (Phi) is 10.6. The maximum absolute atomic E-state index is 12.7. The standard InChI is InChI=1S/C15H23F3N6O3.2ClH/c1-2-27-13(25)11-12(20)24(8-21-11)9-3-5-23(6-4-9)14(26)22-10(7-19)15(16,17)18;;/h8-10H,2-7,19-20H2,1H3,(H,22,26);2*1H. The molecule has 0 aliphatic carbocycles. The number of nitrogens with zero attached hydrogens (tertiary/aromatic N) is 3. The van der Waals surface area contributed by atoms with E-state index < -0.39 is 30.8 Å². The van der Waals surface area contributed by atoms with E-state index in [-0.39, 0.29) is 62.1 Å². The first-order chi connectivity index (χ1) is 12.7. The van der Waals surface area contributed by atoms with Crippen LogP contribution in [-0.2, 0) is 4.74 Å². The molecule has 9 nitrogen and oxygen atoms in total. The van der Waals surface area contributed by atoms with E-state index in [1.54, 1.807) is 11.5 Å². The van der Waals surface area contributed by atoms with E-state index in [1.165, 1.54) is 11.2 Å². The summed E-state index contributed by atoms with van der Waals surface area (Å²) in [6.45, 7) is 1.60. The van der Waals surface area contributed by atoms with Gasteiger partial charge in [0.1, 0.15) is 11.9 Å². The first-order valence-electron chi connectivity index (χ1n) is 8.50. The third-order valence-electron chi connectivity index (χ3n) is 4.37. The summed E-state index contributed by atoms with van der Waals surface area (Å²) in [4.78, 5) is 29.1. The second-order valence-corrected chi connectivity index (χ2v) is 6.10. The molecule has 5 N–H and O–H groups in total. The largest absolute Gasteiger partial charge is 0.461 e. The van der Waals surface area contributed by atoms with Crippen LogP contribution in [0.4, 0.5) is 23.8 Å². The van der Waals surface area contributed by atoms with E-state index in [4.69, 9.17) is 16.2 Å². The number of nitrogens with one attached hydrogen (secondary N) is 1. The number of nitrogen functional groups attached to an aromatic ring is 1. The van der Waals surface area contributed by atoms with Crippen LogP contribution in [0.1, 0.15) is 36.3 Å². The average molecular weight is 465 g/mol. The number of halogens is 5. The number of amides is 2. The fourth-order valence-corrected chi connectivity index (χ4v) is 2.88. The lowest BCUT2D eigenvalue weighted by molar-refractivity contribution is -0.151. The van der Waals surface area contributed by atoms with Crippen molar-refractivity contribution in [2.75, 3.05) is 32.0 Å². The minimum atomic E-state index is -4.60. The zero-order valence-electron chi connectivity index (χ0n) is 15.6. The lowest BCUT2D eigenvalue weighted by Crippen LogP contribution is -2.55. The SMILES string of the molecule is CCOC(=O)c1ncn(C2CCN(C(=O)NC(CN)C(F)(F)F)CC2)c1N.Cl.Cl.